The van der Waals surface area contributed by atoms with Crippen molar-refractivity contribution >= 4 is 8.32 Å². The molecule has 0 spiro atoms. The van der Waals surface area contributed by atoms with Crippen LogP contribution in [0.25, 0.3) is 0 Å². The van der Waals surface area contributed by atoms with Crippen molar-refractivity contribution in [2.24, 2.45) is 0 Å². The number of allylic oxidation sites excluding steroid dienone is 1. The van der Waals surface area contributed by atoms with Crippen LogP contribution in [-0.2, 0) is 4.43 Å². The second-order valence-corrected chi connectivity index (χ2v) is 12.0. The Morgan fingerprint density at radius 2 is 1.70 bits per heavy atom. The van der Waals surface area contributed by atoms with Crippen LogP contribution in [0.3, 0.4) is 0 Å². The zero-order valence-electron chi connectivity index (χ0n) is 14.5. The van der Waals surface area contributed by atoms with Crippen molar-refractivity contribution in [3.8, 4) is 0 Å². The second kappa shape index (κ2) is 9.75. The Morgan fingerprint density at radius 1 is 1.10 bits per heavy atom. The van der Waals surface area contributed by atoms with Gasteiger partial charge in [-0.2, -0.15) is 0 Å². The summed E-state index contributed by atoms with van der Waals surface area (Å²) in [6.45, 7) is 14.0. The Kier molecular flexibility index (Phi) is 9.69. The summed E-state index contributed by atoms with van der Waals surface area (Å²) in [4.78, 5) is 0. The van der Waals surface area contributed by atoms with Crippen LogP contribution in [0.15, 0.2) is 12.2 Å². The fourth-order valence-electron chi connectivity index (χ4n) is 1.94. The van der Waals surface area contributed by atoms with Crippen molar-refractivity contribution < 1.29 is 9.53 Å². The van der Waals surface area contributed by atoms with Gasteiger partial charge in [0.05, 0.1) is 6.61 Å². The fourth-order valence-corrected chi connectivity index (χ4v) is 3.37. The van der Waals surface area contributed by atoms with Crippen molar-refractivity contribution in [1.82, 2.24) is 0 Å². The molecule has 0 aliphatic carbocycles. The predicted octanol–water partition coefficient (Wildman–Crippen LogP) is 5.29. The molecule has 20 heavy (non-hydrogen) atoms. The third-order valence-corrected chi connectivity index (χ3v) is 8.85. The molecule has 0 saturated carbocycles. The topological polar surface area (TPSA) is 29.5 Å². The number of aliphatic hydroxyl groups is 1. The summed E-state index contributed by atoms with van der Waals surface area (Å²) in [5.41, 5.74) is 0. The van der Waals surface area contributed by atoms with E-state index >= 15 is 0 Å². The van der Waals surface area contributed by atoms with E-state index in [-0.39, 0.29) is 11.6 Å². The lowest BCUT2D eigenvalue weighted by Gasteiger charge is -2.39. The molecule has 0 aliphatic heterocycles. The molecule has 0 radical (unpaired) electrons. The van der Waals surface area contributed by atoms with Gasteiger partial charge in [0.1, 0.15) is 0 Å². The van der Waals surface area contributed by atoms with Gasteiger partial charge in [0.2, 0.25) is 0 Å². The normalized spacial score (nSPS) is 14.9. The molecule has 0 fully saturated rings. The molecule has 0 aromatic heterocycles. The zero-order chi connectivity index (χ0) is 15.6. The summed E-state index contributed by atoms with van der Waals surface area (Å²) in [5, 5.41) is 9.01. The standard InChI is InChI=1S/C17H36O2Si/c1-7-8-13-16(14-11-9-10-12-15-18)19-20(5,6)17(2,3)4/h10,12,16,18H,7-9,11,13-15H2,1-6H3/b12-10+/t16-/m0/s1. The first-order chi connectivity index (χ1) is 9.24. The van der Waals surface area contributed by atoms with E-state index in [9.17, 15) is 0 Å². The Balaban J connectivity index is 4.37. The molecule has 0 unspecified atom stereocenters. The maximum absolute atomic E-state index is 8.73. The quantitative estimate of drug-likeness (QED) is 0.337. The number of hydrogen-bond acceptors (Lipinski definition) is 2. The minimum Gasteiger partial charge on any atom is -0.414 e. The molecule has 2 nitrogen and oxygen atoms in total. The third-order valence-electron chi connectivity index (χ3n) is 4.32. The van der Waals surface area contributed by atoms with E-state index in [0.717, 1.165) is 19.3 Å². The highest BCUT2D eigenvalue weighted by Crippen LogP contribution is 2.38. The summed E-state index contributed by atoms with van der Waals surface area (Å²) in [7, 11) is -1.65. The lowest BCUT2D eigenvalue weighted by Crippen LogP contribution is -2.44. The summed E-state index contributed by atoms with van der Waals surface area (Å²) in [6, 6.07) is 0. The van der Waals surface area contributed by atoms with Crippen molar-refractivity contribution in [1.29, 1.82) is 0 Å². The predicted molar refractivity (Wildman–Crippen MR) is 91.7 cm³/mol. The molecule has 0 aromatic rings. The second-order valence-electron chi connectivity index (χ2n) is 7.23. The zero-order valence-corrected chi connectivity index (χ0v) is 15.5. The van der Waals surface area contributed by atoms with Gasteiger partial charge in [-0.25, -0.2) is 0 Å². The van der Waals surface area contributed by atoms with Crippen LogP contribution in [0.2, 0.25) is 18.1 Å². The average molecular weight is 301 g/mol. The van der Waals surface area contributed by atoms with Crippen LogP contribution in [0.5, 0.6) is 0 Å². The highest BCUT2D eigenvalue weighted by atomic mass is 28.4. The Bertz CT molecular complexity index is 267. The molecule has 3 heteroatoms. The van der Waals surface area contributed by atoms with Crippen molar-refractivity contribution in [2.45, 2.75) is 90.5 Å². The fraction of sp³-hybridized carbons (Fsp3) is 0.882. The molecule has 1 N–H and O–H groups in total. The molecule has 0 amide bonds. The summed E-state index contributed by atoms with van der Waals surface area (Å²) in [6.07, 6.45) is 11.3. The molecular weight excluding hydrogens is 264 g/mol. The van der Waals surface area contributed by atoms with E-state index < -0.39 is 8.32 Å². The number of rotatable bonds is 10. The minimum absolute atomic E-state index is 0.153. The van der Waals surface area contributed by atoms with Crippen LogP contribution in [0.4, 0.5) is 0 Å². The molecule has 0 rings (SSSR count). The van der Waals surface area contributed by atoms with Crippen molar-refractivity contribution in [3.63, 3.8) is 0 Å². The van der Waals surface area contributed by atoms with Gasteiger partial charge in [-0.3, -0.25) is 0 Å². The highest BCUT2D eigenvalue weighted by molar-refractivity contribution is 6.74. The molecule has 0 heterocycles. The van der Waals surface area contributed by atoms with Crippen molar-refractivity contribution in [3.05, 3.63) is 12.2 Å². The van der Waals surface area contributed by atoms with Gasteiger partial charge in [-0.15, -0.1) is 0 Å². The van der Waals surface area contributed by atoms with E-state index in [2.05, 4.69) is 46.9 Å². The molecule has 0 aromatic carbocycles. The molecular formula is C17H36O2Si. The summed E-state index contributed by atoms with van der Waals surface area (Å²) >= 11 is 0. The molecule has 120 valence electrons. The lowest BCUT2D eigenvalue weighted by atomic mass is 10.1. The number of aliphatic hydroxyl groups excluding tert-OH is 1. The number of unbranched alkanes of at least 4 members (excludes halogenated alkanes) is 2. The van der Waals surface area contributed by atoms with Gasteiger partial charge in [0, 0.05) is 6.10 Å². The van der Waals surface area contributed by atoms with Crippen molar-refractivity contribution in [2.75, 3.05) is 6.61 Å². The van der Waals surface area contributed by atoms with Crippen LogP contribution < -0.4 is 0 Å². The molecule has 0 bridgehead atoms. The van der Waals surface area contributed by atoms with E-state index in [4.69, 9.17) is 9.53 Å². The van der Waals surface area contributed by atoms with Gasteiger partial charge in [0.25, 0.3) is 0 Å². The Labute approximate surface area is 127 Å². The first-order valence-electron chi connectivity index (χ1n) is 8.18. The minimum atomic E-state index is -1.65. The smallest absolute Gasteiger partial charge is 0.192 e. The number of hydrogen-bond donors (Lipinski definition) is 1. The first kappa shape index (κ1) is 19.9. The Hall–Kier alpha value is -0.123. The molecule has 0 saturated heterocycles. The van der Waals surface area contributed by atoms with Gasteiger partial charge in [-0.05, 0) is 43.8 Å². The maximum Gasteiger partial charge on any atom is 0.192 e. The van der Waals surface area contributed by atoms with E-state index in [0.29, 0.717) is 6.10 Å². The molecule has 1 atom stereocenters. The maximum atomic E-state index is 8.73. The first-order valence-corrected chi connectivity index (χ1v) is 11.1. The average Bonchev–Trinajstić information content (AvgIpc) is 2.33. The summed E-state index contributed by atoms with van der Waals surface area (Å²) in [5.74, 6) is 0. The van der Waals surface area contributed by atoms with E-state index in [1.54, 1.807) is 0 Å². The van der Waals surface area contributed by atoms with Gasteiger partial charge < -0.3 is 9.53 Å². The van der Waals surface area contributed by atoms with Gasteiger partial charge >= 0.3 is 0 Å². The highest BCUT2D eigenvalue weighted by Gasteiger charge is 2.38. The van der Waals surface area contributed by atoms with E-state index in [1.807, 2.05) is 6.08 Å². The summed E-state index contributed by atoms with van der Waals surface area (Å²) < 4.78 is 6.58. The molecule has 0 aliphatic rings. The van der Waals surface area contributed by atoms with Gasteiger partial charge in [0.15, 0.2) is 8.32 Å². The largest absolute Gasteiger partial charge is 0.414 e. The van der Waals surface area contributed by atoms with Gasteiger partial charge in [-0.1, -0.05) is 52.7 Å². The lowest BCUT2D eigenvalue weighted by molar-refractivity contribution is 0.156. The van der Waals surface area contributed by atoms with Crippen LogP contribution in [0.1, 0.15) is 66.2 Å². The monoisotopic (exact) mass is 300 g/mol. The van der Waals surface area contributed by atoms with Crippen LogP contribution >= 0.6 is 0 Å². The van der Waals surface area contributed by atoms with Crippen LogP contribution in [-0.4, -0.2) is 26.1 Å². The van der Waals surface area contributed by atoms with Crippen LogP contribution in [0, 0.1) is 0 Å². The SMILES string of the molecule is CCCC[C@@H](CCC/C=C/CO)O[Si](C)(C)C(C)(C)C. The van der Waals surface area contributed by atoms with E-state index in [1.165, 1.54) is 19.3 Å². The third kappa shape index (κ3) is 8.23. The Morgan fingerprint density at radius 3 is 2.20 bits per heavy atom.